The number of rotatable bonds is 2. The van der Waals surface area contributed by atoms with Gasteiger partial charge in [-0.3, -0.25) is 4.99 Å². The Morgan fingerprint density at radius 1 is 1.28 bits per heavy atom. The molecule has 25 heavy (non-hydrogen) atoms. The van der Waals surface area contributed by atoms with Crippen molar-refractivity contribution in [3.05, 3.63) is 58.6 Å². The van der Waals surface area contributed by atoms with Gasteiger partial charge in [-0.15, -0.1) is 0 Å². The Labute approximate surface area is 151 Å². The fraction of sp³-hybridized carbons (Fsp3) is 0.235. The molecule has 2 aromatic carbocycles. The average molecular weight is 377 g/mol. The molecule has 0 spiro atoms. The van der Waals surface area contributed by atoms with Crippen molar-refractivity contribution in [1.29, 1.82) is 0 Å². The molecule has 0 saturated heterocycles. The number of anilines is 1. The van der Waals surface area contributed by atoms with Gasteiger partial charge >= 0.3 is 0 Å². The van der Waals surface area contributed by atoms with Crippen LogP contribution in [0.1, 0.15) is 18.1 Å². The van der Waals surface area contributed by atoms with Crippen LogP contribution in [0, 0.1) is 0 Å². The summed E-state index contributed by atoms with van der Waals surface area (Å²) < 4.78 is 23.7. The normalized spacial score (nSPS) is 22.0. The standard InChI is InChI=1S/C17H17ClN4O2S/c1-17(11-6-7-13(18)15(10-11)25(19,23)24)21-14-5-3-2-4-12(14)16-20-8-9-22(16)17/h2-7,10,21H,8-9H2,1H3,(H2,19,23,24). The smallest absolute Gasteiger partial charge is 0.239 e. The van der Waals surface area contributed by atoms with Gasteiger partial charge in [0.05, 0.1) is 11.6 Å². The number of amidine groups is 1. The van der Waals surface area contributed by atoms with Gasteiger partial charge in [-0.05, 0) is 36.8 Å². The number of nitrogens with zero attached hydrogens (tertiary/aromatic N) is 2. The van der Waals surface area contributed by atoms with E-state index in [9.17, 15) is 8.42 Å². The van der Waals surface area contributed by atoms with E-state index in [0.717, 1.165) is 29.2 Å². The maximum atomic E-state index is 11.9. The lowest BCUT2D eigenvalue weighted by Crippen LogP contribution is -2.54. The SMILES string of the molecule is CC1(c2ccc(Cl)c(S(N)(=O)=O)c2)Nc2ccccc2C2=NCCN21. The molecule has 0 bridgehead atoms. The second-order valence-electron chi connectivity index (χ2n) is 6.29. The fourth-order valence-corrected chi connectivity index (χ4v) is 4.55. The van der Waals surface area contributed by atoms with Gasteiger partial charge < -0.3 is 10.2 Å². The van der Waals surface area contributed by atoms with E-state index >= 15 is 0 Å². The first kappa shape index (κ1) is 16.4. The third-order valence-electron chi connectivity index (χ3n) is 4.73. The summed E-state index contributed by atoms with van der Waals surface area (Å²) >= 11 is 6.04. The highest BCUT2D eigenvalue weighted by Crippen LogP contribution is 2.40. The number of nitrogens with two attached hydrogens (primary N) is 1. The van der Waals surface area contributed by atoms with E-state index in [1.165, 1.54) is 6.07 Å². The van der Waals surface area contributed by atoms with Crippen LogP contribution in [0.4, 0.5) is 5.69 Å². The minimum Gasteiger partial charge on any atom is -0.359 e. The van der Waals surface area contributed by atoms with Crippen LogP contribution in [-0.2, 0) is 15.7 Å². The number of fused-ring (bicyclic) bond motifs is 3. The zero-order chi connectivity index (χ0) is 17.8. The summed E-state index contributed by atoms with van der Waals surface area (Å²) in [5.74, 6) is 0.906. The van der Waals surface area contributed by atoms with Gasteiger partial charge in [0.25, 0.3) is 0 Å². The highest BCUT2D eigenvalue weighted by Gasteiger charge is 2.43. The molecule has 0 amide bonds. The summed E-state index contributed by atoms with van der Waals surface area (Å²) in [6, 6.07) is 12.9. The van der Waals surface area contributed by atoms with Gasteiger partial charge in [-0.25, -0.2) is 13.6 Å². The number of halogens is 1. The minimum absolute atomic E-state index is 0.0776. The predicted octanol–water partition coefficient (Wildman–Crippen LogP) is 2.35. The molecule has 2 aromatic rings. The van der Waals surface area contributed by atoms with E-state index < -0.39 is 15.7 Å². The van der Waals surface area contributed by atoms with E-state index in [0.29, 0.717) is 6.54 Å². The third kappa shape index (κ3) is 2.50. The minimum atomic E-state index is -3.91. The van der Waals surface area contributed by atoms with Crippen LogP contribution in [-0.4, -0.2) is 32.2 Å². The van der Waals surface area contributed by atoms with Gasteiger partial charge in [-0.2, -0.15) is 0 Å². The van der Waals surface area contributed by atoms with Crippen molar-refractivity contribution in [2.24, 2.45) is 10.1 Å². The maximum Gasteiger partial charge on any atom is 0.239 e. The van der Waals surface area contributed by atoms with Crippen LogP contribution in [0.3, 0.4) is 0 Å². The molecule has 0 aromatic heterocycles. The Balaban J connectivity index is 1.90. The van der Waals surface area contributed by atoms with E-state index in [-0.39, 0.29) is 9.92 Å². The summed E-state index contributed by atoms with van der Waals surface area (Å²) in [7, 11) is -3.91. The molecule has 8 heteroatoms. The Morgan fingerprint density at radius 3 is 2.80 bits per heavy atom. The van der Waals surface area contributed by atoms with E-state index in [2.05, 4.69) is 15.2 Å². The lowest BCUT2D eigenvalue weighted by Gasteiger charge is -2.46. The molecule has 1 atom stereocenters. The summed E-state index contributed by atoms with van der Waals surface area (Å²) in [5.41, 5.74) is 2.09. The molecule has 0 aliphatic carbocycles. The molecule has 130 valence electrons. The predicted molar refractivity (Wildman–Crippen MR) is 98.4 cm³/mol. The lowest BCUT2D eigenvalue weighted by atomic mass is 9.94. The van der Waals surface area contributed by atoms with Crippen LogP contribution < -0.4 is 10.5 Å². The average Bonchev–Trinajstić information content (AvgIpc) is 3.05. The van der Waals surface area contributed by atoms with Crippen molar-refractivity contribution in [1.82, 2.24) is 4.90 Å². The first-order valence-electron chi connectivity index (χ1n) is 7.83. The summed E-state index contributed by atoms with van der Waals surface area (Å²) in [6.07, 6.45) is 0. The van der Waals surface area contributed by atoms with E-state index in [1.54, 1.807) is 6.07 Å². The molecule has 0 radical (unpaired) electrons. The largest absolute Gasteiger partial charge is 0.359 e. The van der Waals surface area contributed by atoms with E-state index in [1.807, 2.05) is 37.3 Å². The Kier molecular flexibility index (Phi) is 3.57. The van der Waals surface area contributed by atoms with Crippen LogP contribution >= 0.6 is 11.6 Å². The van der Waals surface area contributed by atoms with Crippen LogP contribution in [0.25, 0.3) is 0 Å². The second-order valence-corrected chi connectivity index (χ2v) is 8.23. The summed E-state index contributed by atoms with van der Waals surface area (Å²) in [4.78, 5) is 6.71. The molecule has 6 nitrogen and oxygen atoms in total. The quantitative estimate of drug-likeness (QED) is 0.842. The molecular weight excluding hydrogens is 360 g/mol. The number of hydrogen-bond acceptors (Lipinski definition) is 5. The van der Waals surface area contributed by atoms with Gasteiger partial charge in [0.1, 0.15) is 16.4 Å². The van der Waals surface area contributed by atoms with Gasteiger partial charge in [0.2, 0.25) is 10.0 Å². The lowest BCUT2D eigenvalue weighted by molar-refractivity contribution is 0.242. The molecular formula is C17H17ClN4O2S. The Hall–Kier alpha value is -2.09. The molecule has 2 aliphatic rings. The molecule has 3 N–H and O–H groups in total. The van der Waals surface area contributed by atoms with Crippen LogP contribution in [0.15, 0.2) is 52.4 Å². The van der Waals surface area contributed by atoms with Crippen LogP contribution in [0.5, 0.6) is 0 Å². The van der Waals surface area contributed by atoms with E-state index in [4.69, 9.17) is 16.7 Å². The number of aliphatic imine (C=N–C) groups is 1. The molecule has 0 fully saturated rings. The monoisotopic (exact) mass is 376 g/mol. The number of primary sulfonamides is 1. The van der Waals surface area contributed by atoms with Gasteiger partial charge in [0.15, 0.2) is 0 Å². The van der Waals surface area contributed by atoms with Crippen molar-refractivity contribution < 1.29 is 8.42 Å². The number of para-hydroxylation sites is 1. The Morgan fingerprint density at radius 2 is 2.04 bits per heavy atom. The molecule has 4 rings (SSSR count). The first-order chi connectivity index (χ1) is 11.8. The third-order valence-corrected chi connectivity index (χ3v) is 6.12. The highest BCUT2D eigenvalue weighted by molar-refractivity contribution is 7.89. The number of sulfonamides is 1. The Bertz CT molecular complexity index is 1010. The maximum absolute atomic E-state index is 11.9. The number of nitrogens with one attached hydrogen (secondary N) is 1. The second kappa shape index (κ2) is 5.45. The van der Waals surface area contributed by atoms with Crippen molar-refractivity contribution >= 4 is 33.1 Å². The fourth-order valence-electron chi connectivity index (χ4n) is 3.48. The van der Waals surface area contributed by atoms with Crippen molar-refractivity contribution in [3.63, 3.8) is 0 Å². The van der Waals surface area contributed by atoms with Crippen molar-refractivity contribution in [3.8, 4) is 0 Å². The zero-order valence-electron chi connectivity index (χ0n) is 13.5. The topological polar surface area (TPSA) is 87.8 Å². The summed E-state index contributed by atoms with van der Waals surface area (Å²) in [6.45, 7) is 3.43. The molecule has 1 unspecified atom stereocenters. The first-order valence-corrected chi connectivity index (χ1v) is 9.76. The molecule has 2 heterocycles. The number of benzene rings is 2. The molecule has 0 saturated carbocycles. The van der Waals surface area contributed by atoms with Crippen molar-refractivity contribution in [2.75, 3.05) is 18.4 Å². The summed E-state index contributed by atoms with van der Waals surface area (Å²) in [5, 5.41) is 8.95. The zero-order valence-corrected chi connectivity index (χ0v) is 15.1. The molecule has 2 aliphatic heterocycles. The number of hydrogen-bond donors (Lipinski definition) is 2. The van der Waals surface area contributed by atoms with Gasteiger partial charge in [-0.1, -0.05) is 29.8 Å². The van der Waals surface area contributed by atoms with Crippen LogP contribution in [0.2, 0.25) is 5.02 Å². The van der Waals surface area contributed by atoms with Gasteiger partial charge in [0, 0.05) is 17.8 Å². The highest BCUT2D eigenvalue weighted by atomic mass is 35.5. The van der Waals surface area contributed by atoms with Crippen molar-refractivity contribution in [2.45, 2.75) is 17.5 Å².